The topological polar surface area (TPSA) is 88.6 Å². The molecular weight excluding hydrogens is 318 g/mol. The third kappa shape index (κ3) is 2.97. The van der Waals surface area contributed by atoms with Crippen LogP contribution in [-0.4, -0.2) is 21.2 Å². The van der Waals surface area contributed by atoms with Gasteiger partial charge in [0.05, 0.1) is 16.1 Å². The summed E-state index contributed by atoms with van der Waals surface area (Å²) in [6.07, 6.45) is 2.99. The van der Waals surface area contributed by atoms with Crippen molar-refractivity contribution in [2.24, 2.45) is 4.99 Å². The number of benzene rings is 2. The SMILES string of the molecule is O=[N+]([O-])c1cc(Cl)cc(C=Nc2cccc3cccnc23)c1O. The quantitative estimate of drug-likeness (QED) is 0.442. The molecule has 1 N–H and O–H groups in total. The van der Waals surface area contributed by atoms with Crippen LogP contribution in [0.25, 0.3) is 10.9 Å². The largest absolute Gasteiger partial charge is 0.502 e. The average molecular weight is 328 g/mol. The van der Waals surface area contributed by atoms with Gasteiger partial charge in [0.15, 0.2) is 0 Å². The number of halogens is 1. The number of nitro groups is 1. The highest BCUT2D eigenvalue weighted by Gasteiger charge is 2.17. The smallest absolute Gasteiger partial charge is 0.312 e. The molecule has 0 aliphatic heterocycles. The molecule has 1 heterocycles. The molecule has 0 aliphatic rings. The lowest BCUT2D eigenvalue weighted by atomic mass is 10.1. The second kappa shape index (κ2) is 6.02. The summed E-state index contributed by atoms with van der Waals surface area (Å²) >= 11 is 5.85. The number of fused-ring (bicyclic) bond motifs is 1. The van der Waals surface area contributed by atoms with Crippen molar-refractivity contribution in [2.75, 3.05) is 0 Å². The van der Waals surface area contributed by atoms with Crippen molar-refractivity contribution in [3.63, 3.8) is 0 Å². The van der Waals surface area contributed by atoms with Crippen LogP contribution >= 0.6 is 11.6 Å². The minimum absolute atomic E-state index is 0.145. The Morgan fingerprint density at radius 3 is 2.83 bits per heavy atom. The molecule has 1 aromatic heterocycles. The molecule has 2 aromatic carbocycles. The number of pyridine rings is 1. The van der Waals surface area contributed by atoms with Gasteiger partial charge in [-0.15, -0.1) is 0 Å². The highest BCUT2D eigenvalue weighted by molar-refractivity contribution is 6.31. The zero-order valence-corrected chi connectivity index (χ0v) is 12.4. The van der Waals surface area contributed by atoms with Gasteiger partial charge in [0, 0.05) is 34.5 Å². The molecule has 3 rings (SSSR count). The van der Waals surface area contributed by atoms with Crippen LogP contribution < -0.4 is 0 Å². The van der Waals surface area contributed by atoms with E-state index >= 15 is 0 Å². The van der Waals surface area contributed by atoms with Gasteiger partial charge in [0.2, 0.25) is 5.75 Å². The van der Waals surface area contributed by atoms with Gasteiger partial charge in [-0.05, 0) is 18.2 Å². The zero-order chi connectivity index (χ0) is 16.4. The second-order valence-corrected chi connectivity index (χ2v) is 5.17. The summed E-state index contributed by atoms with van der Waals surface area (Å²) in [4.78, 5) is 18.8. The number of hydrogen-bond donors (Lipinski definition) is 1. The fraction of sp³-hybridized carbons (Fsp3) is 0. The van der Waals surface area contributed by atoms with Gasteiger partial charge in [0.1, 0.15) is 0 Å². The van der Waals surface area contributed by atoms with E-state index in [1.807, 2.05) is 24.3 Å². The van der Waals surface area contributed by atoms with Crippen LogP contribution in [0.15, 0.2) is 53.7 Å². The van der Waals surface area contributed by atoms with Crippen LogP contribution in [0.5, 0.6) is 5.75 Å². The fourth-order valence-corrected chi connectivity index (χ4v) is 2.40. The summed E-state index contributed by atoms with van der Waals surface area (Å²) in [5, 5.41) is 21.9. The molecule has 114 valence electrons. The lowest BCUT2D eigenvalue weighted by Crippen LogP contribution is -1.92. The van der Waals surface area contributed by atoms with E-state index in [0.717, 1.165) is 11.5 Å². The number of aromatic hydroxyl groups is 1. The van der Waals surface area contributed by atoms with Crippen molar-refractivity contribution in [1.29, 1.82) is 0 Å². The van der Waals surface area contributed by atoms with Gasteiger partial charge in [0.25, 0.3) is 0 Å². The van der Waals surface area contributed by atoms with E-state index in [1.165, 1.54) is 12.3 Å². The van der Waals surface area contributed by atoms with E-state index in [1.54, 1.807) is 12.3 Å². The standard InChI is InChI=1S/C16H10ClN3O3/c17-12-7-11(16(21)14(8-12)20(22)23)9-19-13-5-1-3-10-4-2-6-18-15(10)13/h1-9,21H. The van der Waals surface area contributed by atoms with Crippen molar-refractivity contribution in [2.45, 2.75) is 0 Å². The molecule has 7 heteroatoms. The third-order valence-electron chi connectivity index (χ3n) is 3.23. The number of nitrogens with zero attached hydrogens (tertiary/aromatic N) is 3. The highest BCUT2D eigenvalue weighted by Crippen LogP contribution is 2.33. The van der Waals surface area contributed by atoms with E-state index < -0.39 is 16.4 Å². The predicted molar refractivity (Wildman–Crippen MR) is 88.8 cm³/mol. The van der Waals surface area contributed by atoms with E-state index in [-0.39, 0.29) is 10.6 Å². The van der Waals surface area contributed by atoms with E-state index in [0.29, 0.717) is 11.2 Å². The second-order valence-electron chi connectivity index (χ2n) is 4.73. The first-order chi connectivity index (χ1) is 11.1. The summed E-state index contributed by atoms with van der Waals surface area (Å²) in [7, 11) is 0. The molecule has 0 atom stereocenters. The molecule has 0 amide bonds. The predicted octanol–water partition coefficient (Wildman–Crippen LogP) is 4.25. The molecule has 0 unspecified atom stereocenters. The Labute approximate surface area is 135 Å². The first-order valence-corrected chi connectivity index (χ1v) is 6.99. The van der Waals surface area contributed by atoms with Crippen molar-refractivity contribution < 1.29 is 10.0 Å². The summed E-state index contributed by atoms with van der Waals surface area (Å²) in [6.45, 7) is 0. The van der Waals surface area contributed by atoms with Crippen LogP contribution in [0.1, 0.15) is 5.56 Å². The normalized spacial score (nSPS) is 11.2. The van der Waals surface area contributed by atoms with Crippen molar-refractivity contribution in [1.82, 2.24) is 4.98 Å². The third-order valence-corrected chi connectivity index (χ3v) is 3.45. The van der Waals surface area contributed by atoms with Gasteiger partial charge >= 0.3 is 5.69 Å². The van der Waals surface area contributed by atoms with Crippen LogP contribution in [-0.2, 0) is 0 Å². The molecule has 23 heavy (non-hydrogen) atoms. The molecule has 0 saturated carbocycles. The number of hydrogen-bond acceptors (Lipinski definition) is 5. The number of nitro benzene ring substituents is 1. The Hall–Kier alpha value is -2.99. The Balaban J connectivity index is 2.08. The van der Waals surface area contributed by atoms with E-state index in [2.05, 4.69) is 9.98 Å². The average Bonchev–Trinajstić information content (AvgIpc) is 2.55. The van der Waals surface area contributed by atoms with Crippen LogP contribution in [0.2, 0.25) is 5.02 Å². The van der Waals surface area contributed by atoms with Crippen LogP contribution in [0.4, 0.5) is 11.4 Å². The maximum absolute atomic E-state index is 10.9. The number of aromatic nitrogens is 1. The van der Waals surface area contributed by atoms with Gasteiger partial charge in [-0.2, -0.15) is 0 Å². The molecule has 0 fully saturated rings. The molecular formula is C16H10ClN3O3. The van der Waals surface area contributed by atoms with E-state index in [4.69, 9.17) is 11.6 Å². The number of para-hydroxylation sites is 1. The Morgan fingerprint density at radius 2 is 2.04 bits per heavy atom. The molecule has 0 bridgehead atoms. The van der Waals surface area contributed by atoms with Gasteiger partial charge in [-0.3, -0.25) is 20.1 Å². The monoisotopic (exact) mass is 327 g/mol. The van der Waals surface area contributed by atoms with Crippen LogP contribution in [0.3, 0.4) is 0 Å². The number of phenolic OH excluding ortho intramolecular Hbond substituents is 1. The van der Waals surface area contributed by atoms with Gasteiger partial charge in [-0.1, -0.05) is 29.8 Å². The molecule has 3 aromatic rings. The lowest BCUT2D eigenvalue weighted by Gasteiger charge is -2.03. The molecule has 0 spiro atoms. The Bertz CT molecular complexity index is 936. The van der Waals surface area contributed by atoms with Crippen molar-refractivity contribution >= 4 is 40.1 Å². The minimum Gasteiger partial charge on any atom is -0.502 e. The number of aliphatic imine (C=N–C) groups is 1. The Kier molecular flexibility index (Phi) is 3.91. The van der Waals surface area contributed by atoms with Gasteiger partial charge < -0.3 is 5.11 Å². The Morgan fingerprint density at radius 1 is 1.26 bits per heavy atom. The summed E-state index contributed by atoms with van der Waals surface area (Å²) in [5.74, 6) is -0.476. The zero-order valence-electron chi connectivity index (χ0n) is 11.7. The highest BCUT2D eigenvalue weighted by atomic mass is 35.5. The van der Waals surface area contributed by atoms with Crippen molar-refractivity contribution in [3.8, 4) is 5.75 Å². The van der Waals surface area contributed by atoms with Crippen LogP contribution in [0, 0.1) is 10.1 Å². The molecule has 0 saturated heterocycles. The molecule has 6 nitrogen and oxygen atoms in total. The molecule has 0 radical (unpaired) electrons. The number of phenols is 1. The van der Waals surface area contributed by atoms with E-state index in [9.17, 15) is 15.2 Å². The first-order valence-electron chi connectivity index (χ1n) is 6.61. The fourth-order valence-electron chi connectivity index (χ4n) is 2.17. The molecule has 0 aliphatic carbocycles. The summed E-state index contributed by atoms with van der Waals surface area (Å²) in [6, 6.07) is 11.7. The summed E-state index contributed by atoms with van der Waals surface area (Å²) < 4.78 is 0. The summed E-state index contributed by atoms with van der Waals surface area (Å²) in [5.41, 5.74) is 0.986. The first kappa shape index (κ1) is 14.9. The minimum atomic E-state index is -0.696. The van der Waals surface area contributed by atoms with Crippen molar-refractivity contribution in [3.05, 3.63) is 69.4 Å². The lowest BCUT2D eigenvalue weighted by molar-refractivity contribution is -0.385. The maximum Gasteiger partial charge on any atom is 0.312 e. The maximum atomic E-state index is 10.9. The van der Waals surface area contributed by atoms with Gasteiger partial charge in [-0.25, -0.2) is 0 Å². The number of rotatable bonds is 3.